The number of nitrogens with zero attached hydrogens (tertiary/aromatic N) is 2. The molecular formula is C13H18Cl2N2O. The van der Waals surface area contributed by atoms with E-state index in [1.54, 1.807) is 18.2 Å². The third-order valence-electron chi connectivity index (χ3n) is 3.34. The Kier molecular flexibility index (Phi) is 4.87. The summed E-state index contributed by atoms with van der Waals surface area (Å²) in [6.45, 7) is 4.64. The normalized spacial score (nSPS) is 20.0. The first-order valence-electron chi connectivity index (χ1n) is 6.10. The SMILES string of the molecule is CN1CCN(C[C@@H](O)c2cc(Cl)ccc2Cl)CC1. The molecule has 0 aliphatic carbocycles. The van der Waals surface area contributed by atoms with Crippen LogP contribution in [0.15, 0.2) is 18.2 Å². The minimum atomic E-state index is -0.584. The summed E-state index contributed by atoms with van der Waals surface area (Å²) in [5, 5.41) is 11.4. The van der Waals surface area contributed by atoms with Gasteiger partial charge in [0.2, 0.25) is 0 Å². The second-order valence-corrected chi connectivity index (χ2v) is 5.63. The van der Waals surface area contributed by atoms with Crippen molar-refractivity contribution in [1.82, 2.24) is 9.80 Å². The van der Waals surface area contributed by atoms with E-state index >= 15 is 0 Å². The van der Waals surface area contributed by atoms with Crippen LogP contribution in [0.4, 0.5) is 0 Å². The third-order valence-corrected chi connectivity index (χ3v) is 3.92. The molecule has 0 spiro atoms. The summed E-state index contributed by atoms with van der Waals surface area (Å²) in [5.74, 6) is 0. The number of hydrogen-bond donors (Lipinski definition) is 1. The van der Waals surface area contributed by atoms with E-state index in [0.717, 1.165) is 26.2 Å². The quantitative estimate of drug-likeness (QED) is 0.924. The third kappa shape index (κ3) is 3.59. The molecule has 1 aliphatic heterocycles. The van der Waals surface area contributed by atoms with E-state index in [2.05, 4.69) is 16.8 Å². The van der Waals surface area contributed by atoms with Crippen molar-refractivity contribution >= 4 is 23.2 Å². The van der Waals surface area contributed by atoms with Crippen molar-refractivity contribution in [3.63, 3.8) is 0 Å². The average molecular weight is 289 g/mol. The average Bonchev–Trinajstić information content (AvgIpc) is 2.35. The second kappa shape index (κ2) is 6.22. The number of aliphatic hydroxyl groups is 1. The Balaban J connectivity index is 1.98. The van der Waals surface area contributed by atoms with Crippen LogP contribution in [0.3, 0.4) is 0 Å². The zero-order valence-corrected chi connectivity index (χ0v) is 12.0. The molecule has 1 aromatic carbocycles. The Hall–Kier alpha value is -0.320. The lowest BCUT2D eigenvalue weighted by atomic mass is 10.1. The summed E-state index contributed by atoms with van der Waals surface area (Å²) in [6.07, 6.45) is -0.584. The number of piperazine rings is 1. The predicted octanol–water partition coefficient (Wildman–Crippen LogP) is 2.27. The summed E-state index contributed by atoms with van der Waals surface area (Å²) in [5.41, 5.74) is 0.711. The molecule has 1 saturated heterocycles. The minimum absolute atomic E-state index is 0.570. The fraction of sp³-hybridized carbons (Fsp3) is 0.538. The molecule has 1 fully saturated rings. The molecule has 1 atom stereocenters. The lowest BCUT2D eigenvalue weighted by Crippen LogP contribution is -2.45. The van der Waals surface area contributed by atoms with Gasteiger partial charge >= 0.3 is 0 Å². The Morgan fingerprint density at radius 1 is 1.22 bits per heavy atom. The van der Waals surface area contributed by atoms with E-state index in [4.69, 9.17) is 23.2 Å². The second-order valence-electron chi connectivity index (χ2n) is 4.79. The first-order chi connectivity index (χ1) is 8.56. The van der Waals surface area contributed by atoms with E-state index < -0.39 is 6.10 Å². The van der Waals surface area contributed by atoms with Crippen molar-refractivity contribution in [2.24, 2.45) is 0 Å². The molecule has 0 amide bonds. The highest BCUT2D eigenvalue weighted by Gasteiger charge is 2.19. The molecule has 3 nitrogen and oxygen atoms in total. The van der Waals surface area contributed by atoms with E-state index in [1.165, 1.54) is 0 Å². The van der Waals surface area contributed by atoms with Crippen LogP contribution in [-0.4, -0.2) is 54.7 Å². The van der Waals surface area contributed by atoms with Crippen LogP contribution in [0.1, 0.15) is 11.7 Å². The molecule has 2 rings (SSSR count). The summed E-state index contributed by atoms with van der Waals surface area (Å²) in [6, 6.07) is 5.20. The molecule has 5 heteroatoms. The van der Waals surface area contributed by atoms with Gasteiger partial charge in [-0.1, -0.05) is 23.2 Å². The van der Waals surface area contributed by atoms with Crippen molar-refractivity contribution in [2.45, 2.75) is 6.10 Å². The highest BCUT2D eigenvalue weighted by Crippen LogP contribution is 2.27. The summed E-state index contributed by atoms with van der Waals surface area (Å²) < 4.78 is 0. The fourth-order valence-corrected chi connectivity index (χ4v) is 2.57. The van der Waals surface area contributed by atoms with Gasteiger partial charge in [-0.3, -0.25) is 4.90 Å². The van der Waals surface area contributed by atoms with Gasteiger partial charge in [0.15, 0.2) is 0 Å². The maximum Gasteiger partial charge on any atom is 0.0931 e. The van der Waals surface area contributed by atoms with Crippen LogP contribution in [0.25, 0.3) is 0 Å². The Bertz CT molecular complexity index is 406. The fourth-order valence-electron chi connectivity index (χ4n) is 2.14. The first kappa shape index (κ1) is 14.1. The number of rotatable bonds is 3. The van der Waals surface area contributed by atoms with Gasteiger partial charge in [0.1, 0.15) is 0 Å². The lowest BCUT2D eigenvalue weighted by Gasteiger charge is -2.33. The highest BCUT2D eigenvalue weighted by atomic mass is 35.5. The maximum absolute atomic E-state index is 10.2. The molecule has 100 valence electrons. The number of β-amino-alcohol motifs (C(OH)–C–C–N with tert-alkyl or cyclic N) is 1. The highest BCUT2D eigenvalue weighted by molar-refractivity contribution is 6.33. The molecule has 1 heterocycles. The predicted molar refractivity (Wildman–Crippen MR) is 75.4 cm³/mol. The maximum atomic E-state index is 10.2. The van der Waals surface area contributed by atoms with E-state index in [9.17, 15) is 5.11 Å². The number of aliphatic hydroxyl groups excluding tert-OH is 1. The van der Waals surface area contributed by atoms with Crippen molar-refractivity contribution in [3.05, 3.63) is 33.8 Å². The Morgan fingerprint density at radius 2 is 1.89 bits per heavy atom. The first-order valence-corrected chi connectivity index (χ1v) is 6.86. The zero-order valence-electron chi connectivity index (χ0n) is 10.4. The molecule has 1 aromatic rings. The molecule has 0 saturated carbocycles. The number of halogens is 2. The molecule has 0 unspecified atom stereocenters. The molecule has 0 aromatic heterocycles. The van der Waals surface area contributed by atoms with Gasteiger partial charge in [-0.05, 0) is 25.2 Å². The Labute approximate surface area is 118 Å². The van der Waals surface area contributed by atoms with E-state index in [-0.39, 0.29) is 0 Å². The van der Waals surface area contributed by atoms with Crippen molar-refractivity contribution in [3.8, 4) is 0 Å². The van der Waals surface area contributed by atoms with E-state index in [1.807, 2.05) is 0 Å². The molecule has 18 heavy (non-hydrogen) atoms. The molecule has 0 bridgehead atoms. The van der Waals surface area contributed by atoms with Crippen LogP contribution in [0.2, 0.25) is 10.0 Å². The molecular weight excluding hydrogens is 271 g/mol. The molecule has 0 radical (unpaired) electrons. The topological polar surface area (TPSA) is 26.7 Å². The lowest BCUT2D eigenvalue weighted by molar-refractivity contribution is 0.0806. The van der Waals surface area contributed by atoms with Gasteiger partial charge in [-0.25, -0.2) is 0 Å². The van der Waals surface area contributed by atoms with Crippen LogP contribution in [0.5, 0.6) is 0 Å². The smallest absolute Gasteiger partial charge is 0.0931 e. The standard InChI is InChI=1S/C13H18Cl2N2O/c1-16-4-6-17(7-5-16)9-13(18)11-8-10(14)2-3-12(11)15/h2-3,8,13,18H,4-7,9H2,1H3/t13-/m1/s1. The molecule has 1 aliphatic rings. The summed E-state index contributed by atoms with van der Waals surface area (Å²) in [7, 11) is 2.11. The Morgan fingerprint density at radius 3 is 2.56 bits per heavy atom. The zero-order chi connectivity index (χ0) is 13.1. The van der Waals surface area contributed by atoms with Gasteiger partial charge in [0, 0.05) is 48.3 Å². The summed E-state index contributed by atoms with van der Waals surface area (Å²) >= 11 is 12.0. The van der Waals surface area contributed by atoms with Gasteiger partial charge in [-0.2, -0.15) is 0 Å². The van der Waals surface area contributed by atoms with Gasteiger partial charge in [-0.15, -0.1) is 0 Å². The van der Waals surface area contributed by atoms with Gasteiger partial charge in [0.05, 0.1) is 6.10 Å². The van der Waals surface area contributed by atoms with Crippen LogP contribution < -0.4 is 0 Å². The minimum Gasteiger partial charge on any atom is -0.387 e. The number of likely N-dealkylation sites (N-methyl/N-ethyl adjacent to an activating group) is 1. The van der Waals surface area contributed by atoms with E-state index in [0.29, 0.717) is 22.2 Å². The van der Waals surface area contributed by atoms with Gasteiger partial charge in [0.25, 0.3) is 0 Å². The number of benzene rings is 1. The monoisotopic (exact) mass is 288 g/mol. The number of hydrogen-bond acceptors (Lipinski definition) is 3. The van der Waals surface area contributed by atoms with Gasteiger partial charge < -0.3 is 10.0 Å². The molecule has 1 N–H and O–H groups in total. The van der Waals surface area contributed by atoms with Crippen molar-refractivity contribution in [2.75, 3.05) is 39.8 Å². The van der Waals surface area contributed by atoms with Crippen LogP contribution in [-0.2, 0) is 0 Å². The van der Waals surface area contributed by atoms with Crippen LogP contribution >= 0.6 is 23.2 Å². The summed E-state index contributed by atoms with van der Waals surface area (Å²) in [4.78, 5) is 4.54. The van der Waals surface area contributed by atoms with Crippen molar-refractivity contribution < 1.29 is 5.11 Å². The van der Waals surface area contributed by atoms with Crippen molar-refractivity contribution in [1.29, 1.82) is 0 Å². The largest absolute Gasteiger partial charge is 0.387 e. The van der Waals surface area contributed by atoms with Crippen LogP contribution in [0, 0.1) is 0 Å².